The van der Waals surface area contributed by atoms with Gasteiger partial charge in [-0.1, -0.05) is 142 Å². The lowest BCUT2D eigenvalue weighted by molar-refractivity contribution is 0.431. The summed E-state index contributed by atoms with van der Waals surface area (Å²) in [6.45, 7) is 4.67. The monoisotopic (exact) mass is 706 g/mol. The van der Waals surface area contributed by atoms with Crippen LogP contribution in [0.25, 0.3) is 20.2 Å². The Morgan fingerprint density at radius 1 is 0.434 bits per heavy atom. The highest BCUT2D eigenvalue weighted by Gasteiger charge is 2.32. The maximum absolute atomic E-state index is 2.43. The Balaban J connectivity index is 1.20. The van der Waals surface area contributed by atoms with Crippen LogP contribution in [0.4, 0.5) is 34.1 Å². The van der Waals surface area contributed by atoms with Crippen LogP contribution in [-0.4, -0.2) is 0 Å². The summed E-state index contributed by atoms with van der Waals surface area (Å²) >= 11 is 1.88. The molecular weight excluding hydrogens is 661 g/mol. The lowest BCUT2D eigenvalue weighted by Gasteiger charge is -2.36. The summed E-state index contributed by atoms with van der Waals surface area (Å²) < 4.78 is 2.63. The van der Waals surface area contributed by atoms with Crippen molar-refractivity contribution in [2.75, 3.05) is 9.80 Å². The lowest BCUT2D eigenvalue weighted by Crippen LogP contribution is -2.27. The van der Waals surface area contributed by atoms with Crippen LogP contribution in [0.2, 0.25) is 0 Å². The first-order valence-electron chi connectivity index (χ1n) is 19.1. The first-order valence-corrected chi connectivity index (χ1v) is 19.9. The minimum atomic E-state index is -0.0976. The van der Waals surface area contributed by atoms with Crippen LogP contribution in [0, 0.1) is 0 Å². The Labute approximate surface area is 318 Å². The molecule has 0 aliphatic carbocycles. The number of rotatable bonds is 13. The first kappa shape index (κ1) is 34.4. The summed E-state index contributed by atoms with van der Waals surface area (Å²) in [5, 5.41) is 2.63. The number of unbranched alkanes of at least 4 members (excludes halogenated alkanes) is 2. The van der Waals surface area contributed by atoms with E-state index in [4.69, 9.17) is 0 Å². The molecule has 0 amide bonds. The topological polar surface area (TPSA) is 6.48 Å². The highest BCUT2D eigenvalue weighted by Crippen LogP contribution is 2.47. The van der Waals surface area contributed by atoms with Crippen molar-refractivity contribution in [1.82, 2.24) is 0 Å². The average molecular weight is 707 g/mol. The molecule has 0 aliphatic heterocycles. The fourth-order valence-electron chi connectivity index (χ4n) is 8.09. The number of nitrogens with zero attached hydrogens (tertiary/aromatic N) is 2. The molecule has 2 nitrogen and oxygen atoms in total. The van der Waals surface area contributed by atoms with Gasteiger partial charge in [0.1, 0.15) is 0 Å². The third-order valence-electron chi connectivity index (χ3n) is 10.8. The van der Waals surface area contributed by atoms with Crippen LogP contribution in [0.1, 0.15) is 57.1 Å². The molecule has 8 aromatic rings. The number of para-hydroxylation sites is 3. The smallest absolute Gasteiger partial charge is 0.0640 e. The zero-order chi connectivity index (χ0) is 36.0. The first-order chi connectivity index (χ1) is 26.2. The number of hydrogen-bond acceptors (Lipinski definition) is 3. The second-order valence-corrected chi connectivity index (χ2v) is 15.0. The van der Waals surface area contributed by atoms with Gasteiger partial charge in [-0.2, -0.15) is 0 Å². The molecule has 1 aromatic heterocycles. The van der Waals surface area contributed by atoms with Gasteiger partial charge in [-0.05, 0) is 96.8 Å². The number of hydrogen-bond donors (Lipinski definition) is 0. The second-order valence-electron chi connectivity index (χ2n) is 13.9. The SMILES string of the molecule is CCCCCC(CC)(c1ccc(N(c2ccccc2)c2ccccc2)cc1)c1ccc(N(c2ccccc2)c2cccc3c2sc2ccccc23)cc1. The lowest BCUT2D eigenvalue weighted by atomic mass is 9.69. The van der Waals surface area contributed by atoms with E-state index in [0.29, 0.717) is 0 Å². The molecule has 0 saturated carbocycles. The van der Waals surface area contributed by atoms with Crippen LogP contribution >= 0.6 is 11.3 Å². The van der Waals surface area contributed by atoms with Crippen molar-refractivity contribution in [1.29, 1.82) is 0 Å². The summed E-state index contributed by atoms with van der Waals surface area (Å²) in [6, 6.07) is 66.6. The Morgan fingerprint density at radius 2 is 0.906 bits per heavy atom. The molecule has 0 fully saturated rings. The van der Waals surface area contributed by atoms with Gasteiger partial charge < -0.3 is 9.80 Å². The molecule has 1 heterocycles. The molecule has 262 valence electrons. The van der Waals surface area contributed by atoms with Crippen molar-refractivity contribution in [3.05, 3.63) is 193 Å². The van der Waals surface area contributed by atoms with Gasteiger partial charge in [0.05, 0.1) is 10.4 Å². The largest absolute Gasteiger partial charge is 0.311 e. The minimum absolute atomic E-state index is 0.0976. The van der Waals surface area contributed by atoms with Gasteiger partial charge in [0.2, 0.25) is 0 Å². The summed E-state index contributed by atoms with van der Waals surface area (Å²) in [4.78, 5) is 4.78. The third kappa shape index (κ3) is 6.74. The fourth-order valence-corrected chi connectivity index (χ4v) is 9.30. The van der Waals surface area contributed by atoms with E-state index in [9.17, 15) is 0 Å². The summed E-state index contributed by atoms with van der Waals surface area (Å²) in [7, 11) is 0. The predicted molar refractivity (Wildman–Crippen MR) is 230 cm³/mol. The molecule has 0 aliphatic rings. The van der Waals surface area contributed by atoms with E-state index in [1.807, 2.05) is 11.3 Å². The molecule has 1 unspecified atom stereocenters. The molecule has 0 radical (unpaired) electrons. The van der Waals surface area contributed by atoms with Gasteiger partial charge >= 0.3 is 0 Å². The Kier molecular flexibility index (Phi) is 10.1. The van der Waals surface area contributed by atoms with E-state index in [-0.39, 0.29) is 5.41 Å². The average Bonchev–Trinajstić information content (AvgIpc) is 3.61. The maximum atomic E-state index is 2.43. The standard InChI is InChI=1S/C50H46N2S/c1-3-5-17-37-50(4-2,38-29-33-43(34-30-38)51(40-19-9-6-10-20-40)41-21-11-7-12-22-41)39-31-35-44(36-32-39)52(42-23-13-8-14-24-42)47-27-18-26-46-45-25-15-16-28-48(45)53-49(46)47/h6-16,18-36H,3-5,17,37H2,1-2H3. The van der Waals surface area contributed by atoms with Crippen LogP contribution in [0.5, 0.6) is 0 Å². The van der Waals surface area contributed by atoms with Crippen molar-refractivity contribution in [2.24, 2.45) is 0 Å². The van der Waals surface area contributed by atoms with Crippen molar-refractivity contribution >= 4 is 65.6 Å². The molecule has 0 N–H and O–H groups in total. The molecule has 0 saturated heterocycles. The number of benzene rings is 7. The highest BCUT2D eigenvalue weighted by atomic mass is 32.1. The van der Waals surface area contributed by atoms with Crippen LogP contribution in [0.3, 0.4) is 0 Å². The van der Waals surface area contributed by atoms with Crippen LogP contribution < -0.4 is 9.80 Å². The van der Waals surface area contributed by atoms with Gasteiger partial charge in [-0.3, -0.25) is 0 Å². The zero-order valence-electron chi connectivity index (χ0n) is 30.7. The number of fused-ring (bicyclic) bond motifs is 3. The molecule has 0 spiro atoms. The Bertz CT molecular complexity index is 2340. The van der Waals surface area contributed by atoms with Gasteiger partial charge in [-0.15, -0.1) is 11.3 Å². The number of thiophene rings is 1. The van der Waals surface area contributed by atoms with E-state index in [1.54, 1.807) is 0 Å². The van der Waals surface area contributed by atoms with Crippen molar-refractivity contribution < 1.29 is 0 Å². The summed E-state index contributed by atoms with van der Waals surface area (Å²) in [5.74, 6) is 0. The van der Waals surface area contributed by atoms with Crippen molar-refractivity contribution in [3.63, 3.8) is 0 Å². The summed E-state index contributed by atoms with van der Waals surface area (Å²) in [6.07, 6.45) is 5.77. The quantitative estimate of drug-likeness (QED) is 0.110. The molecular formula is C50H46N2S. The van der Waals surface area contributed by atoms with Gasteiger partial charge in [0, 0.05) is 49.3 Å². The highest BCUT2D eigenvalue weighted by molar-refractivity contribution is 7.26. The molecule has 3 heteroatoms. The molecule has 8 rings (SSSR count). The molecule has 0 bridgehead atoms. The maximum Gasteiger partial charge on any atom is 0.0640 e. The van der Waals surface area contributed by atoms with Crippen molar-refractivity contribution in [3.8, 4) is 0 Å². The van der Waals surface area contributed by atoms with E-state index in [0.717, 1.165) is 35.6 Å². The van der Waals surface area contributed by atoms with Gasteiger partial charge in [0.25, 0.3) is 0 Å². The molecule has 1 atom stereocenters. The van der Waals surface area contributed by atoms with Crippen LogP contribution in [0.15, 0.2) is 182 Å². The van der Waals surface area contributed by atoms with E-state index < -0.39 is 0 Å². The Hall–Kier alpha value is -5.64. The molecule has 7 aromatic carbocycles. The van der Waals surface area contributed by atoms with E-state index in [1.165, 1.54) is 61.9 Å². The fraction of sp³-hybridized carbons (Fsp3) is 0.160. The third-order valence-corrected chi connectivity index (χ3v) is 12.0. The van der Waals surface area contributed by atoms with Gasteiger partial charge in [0.15, 0.2) is 0 Å². The van der Waals surface area contributed by atoms with Crippen molar-refractivity contribution in [2.45, 2.75) is 51.4 Å². The predicted octanol–water partition coefficient (Wildman–Crippen LogP) is 15.3. The van der Waals surface area contributed by atoms with Crippen LogP contribution in [-0.2, 0) is 5.41 Å². The van der Waals surface area contributed by atoms with E-state index >= 15 is 0 Å². The normalized spacial score (nSPS) is 12.5. The Morgan fingerprint density at radius 3 is 1.45 bits per heavy atom. The minimum Gasteiger partial charge on any atom is -0.311 e. The summed E-state index contributed by atoms with van der Waals surface area (Å²) in [5.41, 5.74) is 9.67. The van der Waals surface area contributed by atoms with Gasteiger partial charge in [-0.25, -0.2) is 0 Å². The second kappa shape index (κ2) is 15.5. The number of anilines is 6. The zero-order valence-corrected chi connectivity index (χ0v) is 31.5. The van der Waals surface area contributed by atoms with E-state index in [2.05, 4.69) is 206 Å². The molecule has 53 heavy (non-hydrogen) atoms.